The van der Waals surface area contributed by atoms with Gasteiger partial charge in [0.2, 0.25) is 5.95 Å². The molecule has 0 aliphatic carbocycles. The third kappa shape index (κ3) is 3.40. The zero-order valence-corrected chi connectivity index (χ0v) is 14.9. The topological polar surface area (TPSA) is 84.1 Å². The van der Waals surface area contributed by atoms with Crippen LogP contribution in [0.15, 0.2) is 42.6 Å². The first kappa shape index (κ1) is 17.2. The number of aromatic nitrogens is 2. The van der Waals surface area contributed by atoms with Crippen LogP contribution in [0.2, 0.25) is 0 Å². The largest absolute Gasteiger partial charge is 0.396 e. The number of rotatable bonds is 3. The first-order chi connectivity index (χ1) is 13.0. The molecular weight excluding hydrogens is 345 g/mol. The van der Waals surface area contributed by atoms with E-state index in [1.165, 1.54) is 6.07 Å². The fourth-order valence-electron chi connectivity index (χ4n) is 3.35. The normalized spacial score (nSPS) is 16.7. The van der Waals surface area contributed by atoms with E-state index in [-0.39, 0.29) is 17.6 Å². The molecule has 138 valence electrons. The highest BCUT2D eigenvalue weighted by Crippen LogP contribution is 2.22. The van der Waals surface area contributed by atoms with Crippen LogP contribution in [-0.4, -0.2) is 39.9 Å². The van der Waals surface area contributed by atoms with Gasteiger partial charge in [0.05, 0.1) is 11.2 Å². The Kier molecular flexibility index (Phi) is 4.35. The number of anilines is 2. The van der Waals surface area contributed by atoms with Crippen molar-refractivity contribution in [2.75, 3.05) is 24.1 Å². The van der Waals surface area contributed by atoms with E-state index in [2.05, 4.69) is 15.3 Å². The van der Waals surface area contributed by atoms with Crippen molar-refractivity contribution in [3.05, 3.63) is 59.5 Å². The van der Waals surface area contributed by atoms with Crippen molar-refractivity contribution in [1.29, 1.82) is 0 Å². The second-order valence-electron chi connectivity index (χ2n) is 6.82. The lowest BCUT2D eigenvalue weighted by atomic mass is 10.1. The number of hydrogen-bond acceptors (Lipinski definition) is 5. The molecule has 0 saturated carbocycles. The van der Waals surface area contributed by atoms with Crippen LogP contribution in [-0.2, 0) is 0 Å². The number of halogens is 1. The number of nitrogen functional groups attached to an aromatic ring is 1. The van der Waals surface area contributed by atoms with Gasteiger partial charge >= 0.3 is 0 Å². The number of benzene rings is 2. The number of nitrogens with two attached hydrogens (primary N) is 1. The zero-order chi connectivity index (χ0) is 19.0. The lowest BCUT2D eigenvalue weighted by Gasteiger charge is -2.18. The van der Waals surface area contributed by atoms with Gasteiger partial charge in [-0.2, -0.15) is 0 Å². The van der Waals surface area contributed by atoms with Gasteiger partial charge in [0.25, 0.3) is 5.91 Å². The van der Waals surface area contributed by atoms with Gasteiger partial charge in [0, 0.05) is 36.3 Å². The Morgan fingerprint density at radius 3 is 2.96 bits per heavy atom. The van der Waals surface area contributed by atoms with Crippen molar-refractivity contribution < 1.29 is 9.18 Å². The molecule has 7 heteroatoms. The third-order valence-corrected chi connectivity index (χ3v) is 4.88. The Hall–Kier alpha value is -3.22. The van der Waals surface area contributed by atoms with E-state index in [4.69, 9.17) is 5.73 Å². The van der Waals surface area contributed by atoms with Crippen molar-refractivity contribution >= 4 is 28.4 Å². The van der Waals surface area contributed by atoms with Crippen molar-refractivity contribution in [3.63, 3.8) is 0 Å². The molecule has 0 spiro atoms. The van der Waals surface area contributed by atoms with E-state index in [1.54, 1.807) is 24.1 Å². The maximum Gasteiger partial charge on any atom is 0.254 e. The predicted octanol–water partition coefficient (Wildman–Crippen LogP) is 2.99. The molecule has 2 heterocycles. The number of nitrogens with one attached hydrogen (secondary N) is 1. The van der Waals surface area contributed by atoms with Gasteiger partial charge in [-0.1, -0.05) is 18.2 Å². The Balaban J connectivity index is 1.45. The monoisotopic (exact) mass is 365 g/mol. The van der Waals surface area contributed by atoms with E-state index in [0.29, 0.717) is 30.2 Å². The maximum atomic E-state index is 13.9. The molecule has 1 unspecified atom stereocenters. The van der Waals surface area contributed by atoms with Gasteiger partial charge in [0.1, 0.15) is 5.82 Å². The Labute approximate surface area is 156 Å². The van der Waals surface area contributed by atoms with Crippen LogP contribution in [0.5, 0.6) is 0 Å². The molecule has 3 N–H and O–H groups in total. The van der Waals surface area contributed by atoms with Crippen molar-refractivity contribution in [2.45, 2.75) is 19.4 Å². The van der Waals surface area contributed by atoms with Gasteiger partial charge in [-0.05, 0) is 37.1 Å². The number of amides is 1. The number of carbonyl (C=O) groups excluding carboxylic acids is 1. The minimum atomic E-state index is -0.559. The second-order valence-corrected chi connectivity index (χ2v) is 6.82. The molecule has 1 aliphatic rings. The molecule has 1 amide bonds. The highest BCUT2D eigenvalue weighted by Gasteiger charge is 2.28. The fraction of sp³-hybridized carbons (Fsp3) is 0.250. The summed E-state index contributed by atoms with van der Waals surface area (Å²) in [4.78, 5) is 23.3. The average molecular weight is 365 g/mol. The van der Waals surface area contributed by atoms with E-state index in [0.717, 1.165) is 17.3 Å². The van der Waals surface area contributed by atoms with Crippen LogP contribution in [0.3, 0.4) is 0 Å². The summed E-state index contributed by atoms with van der Waals surface area (Å²) >= 11 is 0. The highest BCUT2D eigenvalue weighted by atomic mass is 19.1. The minimum absolute atomic E-state index is 0.0508. The molecule has 1 fully saturated rings. The summed E-state index contributed by atoms with van der Waals surface area (Å²) < 4.78 is 13.9. The molecule has 1 aliphatic heterocycles. The lowest BCUT2D eigenvalue weighted by Crippen LogP contribution is -2.32. The molecule has 0 radical (unpaired) electrons. The highest BCUT2D eigenvalue weighted by molar-refractivity contribution is 5.95. The predicted molar refractivity (Wildman–Crippen MR) is 103 cm³/mol. The molecule has 6 nitrogen and oxygen atoms in total. The number of para-hydroxylation sites is 1. The van der Waals surface area contributed by atoms with Crippen molar-refractivity contribution in [2.24, 2.45) is 0 Å². The summed E-state index contributed by atoms with van der Waals surface area (Å²) in [5.41, 5.74) is 7.47. The third-order valence-electron chi connectivity index (χ3n) is 4.88. The molecule has 1 aromatic heterocycles. The Morgan fingerprint density at radius 2 is 2.15 bits per heavy atom. The van der Waals surface area contributed by atoms with Crippen LogP contribution in [0, 0.1) is 12.7 Å². The Morgan fingerprint density at radius 1 is 1.33 bits per heavy atom. The SMILES string of the molecule is Cc1cc(C(=O)N2CCC(Nc3ncc4ccccc4n3)C2)cc(F)c1N. The van der Waals surface area contributed by atoms with Crippen molar-refractivity contribution in [3.8, 4) is 0 Å². The van der Waals surface area contributed by atoms with Crippen LogP contribution in [0.1, 0.15) is 22.3 Å². The summed E-state index contributed by atoms with van der Waals surface area (Å²) in [6.07, 6.45) is 2.56. The van der Waals surface area contributed by atoms with Gasteiger partial charge in [0.15, 0.2) is 0 Å². The standard InChI is InChI=1S/C20H20FN5O/c1-12-8-14(9-16(21)18(12)22)19(27)26-7-6-15(11-26)24-20-23-10-13-4-2-3-5-17(13)25-20/h2-5,8-10,15H,6-7,11,22H2,1H3,(H,23,24,25). The fourth-order valence-corrected chi connectivity index (χ4v) is 3.35. The smallest absolute Gasteiger partial charge is 0.254 e. The number of nitrogens with zero attached hydrogens (tertiary/aromatic N) is 3. The van der Waals surface area contributed by atoms with Gasteiger partial charge < -0.3 is 16.0 Å². The molecule has 2 aromatic carbocycles. The first-order valence-corrected chi connectivity index (χ1v) is 8.84. The van der Waals surface area contributed by atoms with E-state index >= 15 is 0 Å². The number of hydrogen-bond donors (Lipinski definition) is 2. The second kappa shape index (κ2) is 6.83. The summed E-state index contributed by atoms with van der Waals surface area (Å²) in [6, 6.07) is 10.7. The number of carbonyl (C=O) groups is 1. The lowest BCUT2D eigenvalue weighted by molar-refractivity contribution is 0.0791. The van der Waals surface area contributed by atoms with Crippen LogP contribution >= 0.6 is 0 Å². The molecular formula is C20H20FN5O. The minimum Gasteiger partial charge on any atom is -0.396 e. The van der Waals surface area contributed by atoms with Gasteiger partial charge in [-0.15, -0.1) is 0 Å². The zero-order valence-electron chi connectivity index (χ0n) is 14.9. The van der Waals surface area contributed by atoms with Crippen LogP contribution in [0.4, 0.5) is 16.0 Å². The summed E-state index contributed by atoms with van der Waals surface area (Å²) in [5.74, 6) is -0.208. The quantitative estimate of drug-likeness (QED) is 0.697. The average Bonchev–Trinajstić information content (AvgIpc) is 3.13. The van der Waals surface area contributed by atoms with Crippen LogP contribution in [0.25, 0.3) is 10.9 Å². The molecule has 0 bridgehead atoms. The molecule has 1 saturated heterocycles. The maximum absolute atomic E-state index is 13.9. The molecule has 1 atom stereocenters. The summed E-state index contributed by atoms with van der Waals surface area (Å²) in [6.45, 7) is 2.80. The summed E-state index contributed by atoms with van der Waals surface area (Å²) in [7, 11) is 0. The van der Waals surface area contributed by atoms with Crippen LogP contribution < -0.4 is 11.1 Å². The van der Waals surface area contributed by atoms with Gasteiger partial charge in [-0.3, -0.25) is 4.79 Å². The van der Waals surface area contributed by atoms with E-state index in [9.17, 15) is 9.18 Å². The first-order valence-electron chi connectivity index (χ1n) is 8.84. The van der Waals surface area contributed by atoms with E-state index in [1.807, 2.05) is 24.3 Å². The van der Waals surface area contributed by atoms with E-state index < -0.39 is 5.82 Å². The van der Waals surface area contributed by atoms with Gasteiger partial charge in [-0.25, -0.2) is 14.4 Å². The Bertz CT molecular complexity index is 999. The summed E-state index contributed by atoms with van der Waals surface area (Å²) in [5, 5.41) is 4.27. The molecule has 27 heavy (non-hydrogen) atoms. The molecule has 3 aromatic rings. The number of fused-ring (bicyclic) bond motifs is 1. The van der Waals surface area contributed by atoms with Crippen molar-refractivity contribution in [1.82, 2.24) is 14.9 Å². The number of aryl methyl sites for hydroxylation is 1. The number of likely N-dealkylation sites (tertiary alicyclic amines) is 1. The molecule has 4 rings (SSSR count).